The molecule has 0 amide bonds. The van der Waals surface area contributed by atoms with E-state index in [0.29, 0.717) is 11.2 Å². The Bertz CT molecular complexity index is 259. The molecule has 3 nitrogen and oxygen atoms in total. The molecule has 0 aromatic carbocycles. The van der Waals surface area contributed by atoms with Crippen LogP contribution in [0.5, 0.6) is 0 Å². The van der Waals surface area contributed by atoms with Gasteiger partial charge in [0.1, 0.15) is 0 Å². The fraction of sp³-hybridized carbons (Fsp3) is 1.00. The predicted octanol–water partition coefficient (Wildman–Crippen LogP) is 1.49. The number of alkyl halides is 1. The monoisotopic (exact) mass is 269 g/mol. The van der Waals surface area contributed by atoms with E-state index in [1.165, 1.54) is 0 Å². The smallest absolute Gasteiger partial charge is 0.212 e. The largest absolute Gasteiger partial charge is 0.214 e. The molecule has 0 bridgehead atoms. The van der Waals surface area contributed by atoms with Crippen LogP contribution in [0.25, 0.3) is 0 Å². The number of hydrogen-bond acceptors (Lipinski definition) is 2. The van der Waals surface area contributed by atoms with Gasteiger partial charge in [-0.15, -0.1) is 0 Å². The maximum atomic E-state index is 11.5. The fourth-order valence-corrected chi connectivity index (χ4v) is 3.88. The highest BCUT2D eigenvalue weighted by molar-refractivity contribution is 9.09. The zero-order valence-electron chi connectivity index (χ0n) is 7.96. The number of rotatable bonds is 5. The highest BCUT2D eigenvalue weighted by atomic mass is 79.9. The van der Waals surface area contributed by atoms with Gasteiger partial charge in [-0.05, 0) is 18.8 Å². The molecule has 0 aromatic rings. The van der Waals surface area contributed by atoms with Crippen LogP contribution in [0, 0.1) is 5.92 Å². The van der Waals surface area contributed by atoms with Crippen molar-refractivity contribution in [3.8, 4) is 0 Å². The molecule has 1 N–H and O–H groups in total. The van der Waals surface area contributed by atoms with Crippen LogP contribution in [-0.2, 0) is 10.0 Å². The van der Waals surface area contributed by atoms with Crippen LogP contribution in [0.1, 0.15) is 26.7 Å². The molecule has 13 heavy (non-hydrogen) atoms. The zero-order valence-corrected chi connectivity index (χ0v) is 10.4. The Kier molecular flexibility index (Phi) is 3.77. The molecule has 0 spiro atoms. The first-order chi connectivity index (χ1) is 5.97. The molecule has 1 aliphatic rings. The van der Waals surface area contributed by atoms with Gasteiger partial charge >= 0.3 is 0 Å². The molecule has 0 saturated heterocycles. The summed E-state index contributed by atoms with van der Waals surface area (Å²) in [6.45, 7) is 4.03. The van der Waals surface area contributed by atoms with Gasteiger partial charge in [-0.25, -0.2) is 13.1 Å². The summed E-state index contributed by atoms with van der Waals surface area (Å²) in [5.41, 5.74) is 0. The standard InChI is InChI=1S/C8H16BrNO2S/c1-6(2)8(5-9)10-13(11,12)7-3-4-7/h6-8,10H,3-5H2,1-2H3. The quantitative estimate of drug-likeness (QED) is 0.769. The molecular formula is C8H16BrNO2S. The summed E-state index contributed by atoms with van der Waals surface area (Å²) in [5, 5.41) is 0.559. The second-order valence-electron chi connectivity index (χ2n) is 3.87. The van der Waals surface area contributed by atoms with Crippen molar-refractivity contribution in [2.45, 2.75) is 38.0 Å². The number of hydrogen-bond donors (Lipinski definition) is 1. The molecule has 1 atom stereocenters. The van der Waals surface area contributed by atoms with Gasteiger partial charge in [0, 0.05) is 11.4 Å². The van der Waals surface area contributed by atoms with Gasteiger partial charge in [-0.1, -0.05) is 29.8 Å². The minimum atomic E-state index is -3.02. The van der Waals surface area contributed by atoms with E-state index in [0.717, 1.165) is 12.8 Å². The Balaban J connectivity index is 2.54. The van der Waals surface area contributed by atoms with Crippen LogP contribution >= 0.6 is 15.9 Å². The van der Waals surface area contributed by atoms with Crippen molar-refractivity contribution < 1.29 is 8.42 Å². The van der Waals surface area contributed by atoms with Crippen molar-refractivity contribution in [2.24, 2.45) is 5.92 Å². The summed E-state index contributed by atoms with van der Waals surface area (Å²) in [6.07, 6.45) is 1.64. The lowest BCUT2D eigenvalue weighted by atomic mass is 10.1. The molecule has 1 saturated carbocycles. The molecule has 0 aromatic heterocycles. The first-order valence-corrected chi connectivity index (χ1v) is 7.21. The van der Waals surface area contributed by atoms with E-state index >= 15 is 0 Å². The Hall–Kier alpha value is 0.390. The summed E-state index contributed by atoms with van der Waals surface area (Å²) in [4.78, 5) is 0. The van der Waals surface area contributed by atoms with Crippen molar-refractivity contribution >= 4 is 26.0 Å². The van der Waals surface area contributed by atoms with Crippen LogP contribution in [0.15, 0.2) is 0 Å². The number of nitrogens with one attached hydrogen (secondary N) is 1. The van der Waals surface area contributed by atoms with Crippen LogP contribution < -0.4 is 4.72 Å². The van der Waals surface area contributed by atoms with Gasteiger partial charge in [-0.2, -0.15) is 0 Å². The lowest BCUT2D eigenvalue weighted by molar-refractivity contribution is 0.483. The van der Waals surface area contributed by atoms with Crippen molar-refractivity contribution in [3.63, 3.8) is 0 Å². The van der Waals surface area contributed by atoms with E-state index in [1.807, 2.05) is 13.8 Å². The molecule has 1 rings (SSSR count). The molecule has 0 radical (unpaired) electrons. The zero-order chi connectivity index (χ0) is 10.1. The van der Waals surface area contributed by atoms with E-state index in [9.17, 15) is 8.42 Å². The van der Waals surface area contributed by atoms with Crippen molar-refractivity contribution in [2.75, 3.05) is 5.33 Å². The molecule has 78 valence electrons. The molecule has 0 aliphatic heterocycles. The Labute approximate surface area is 88.5 Å². The van der Waals surface area contributed by atoms with Crippen LogP contribution in [-0.4, -0.2) is 25.0 Å². The van der Waals surface area contributed by atoms with Crippen molar-refractivity contribution in [3.05, 3.63) is 0 Å². The lowest BCUT2D eigenvalue weighted by Crippen LogP contribution is -2.41. The first-order valence-electron chi connectivity index (χ1n) is 4.54. The Morgan fingerprint density at radius 2 is 2.00 bits per heavy atom. The minimum absolute atomic E-state index is 0.0191. The maximum Gasteiger partial charge on any atom is 0.214 e. The molecule has 1 fully saturated rings. The van der Waals surface area contributed by atoms with Gasteiger partial charge in [-0.3, -0.25) is 0 Å². The average molecular weight is 270 g/mol. The minimum Gasteiger partial charge on any atom is -0.212 e. The SMILES string of the molecule is CC(C)C(CBr)NS(=O)(=O)C1CC1. The molecule has 5 heteroatoms. The van der Waals surface area contributed by atoms with Gasteiger partial charge < -0.3 is 0 Å². The second-order valence-corrected chi connectivity index (χ2v) is 6.51. The summed E-state index contributed by atoms with van der Waals surface area (Å²) < 4.78 is 25.8. The van der Waals surface area contributed by atoms with E-state index in [4.69, 9.17) is 0 Å². The third kappa shape index (κ3) is 3.22. The third-order valence-electron chi connectivity index (χ3n) is 2.25. The maximum absolute atomic E-state index is 11.5. The van der Waals surface area contributed by atoms with E-state index in [-0.39, 0.29) is 11.3 Å². The van der Waals surface area contributed by atoms with Crippen LogP contribution in [0.4, 0.5) is 0 Å². The Morgan fingerprint density at radius 1 is 1.46 bits per heavy atom. The Morgan fingerprint density at radius 3 is 2.31 bits per heavy atom. The molecule has 0 heterocycles. The van der Waals surface area contributed by atoms with Crippen LogP contribution in [0.3, 0.4) is 0 Å². The fourth-order valence-electron chi connectivity index (χ4n) is 1.03. The second kappa shape index (κ2) is 4.28. The predicted molar refractivity (Wildman–Crippen MR) is 57.5 cm³/mol. The van der Waals surface area contributed by atoms with E-state index in [1.54, 1.807) is 0 Å². The number of halogens is 1. The molecular weight excluding hydrogens is 254 g/mol. The van der Waals surface area contributed by atoms with Crippen LogP contribution in [0.2, 0.25) is 0 Å². The van der Waals surface area contributed by atoms with Gasteiger partial charge in [0.15, 0.2) is 0 Å². The summed E-state index contributed by atoms with van der Waals surface area (Å²) in [5.74, 6) is 0.327. The first kappa shape index (κ1) is 11.5. The van der Waals surface area contributed by atoms with Gasteiger partial charge in [0.2, 0.25) is 10.0 Å². The average Bonchev–Trinajstić information content (AvgIpc) is 2.81. The van der Waals surface area contributed by atoms with Gasteiger partial charge in [0.05, 0.1) is 5.25 Å². The topological polar surface area (TPSA) is 46.2 Å². The van der Waals surface area contributed by atoms with Crippen molar-refractivity contribution in [1.29, 1.82) is 0 Å². The normalized spacial score (nSPS) is 20.6. The number of sulfonamides is 1. The summed E-state index contributed by atoms with van der Waals surface area (Å²) >= 11 is 3.31. The van der Waals surface area contributed by atoms with E-state index < -0.39 is 10.0 Å². The third-order valence-corrected chi connectivity index (χ3v) is 4.93. The molecule has 1 unspecified atom stereocenters. The van der Waals surface area contributed by atoms with E-state index in [2.05, 4.69) is 20.7 Å². The lowest BCUT2D eigenvalue weighted by Gasteiger charge is -2.19. The van der Waals surface area contributed by atoms with Crippen molar-refractivity contribution in [1.82, 2.24) is 4.72 Å². The summed E-state index contributed by atoms with van der Waals surface area (Å²) in [7, 11) is -3.02. The highest BCUT2D eigenvalue weighted by Crippen LogP contribution is 2.28. The molecule has 1 aliphatic carbocycles. The highest BCUT2D eigenvalue weighted by Gasteiger charge is 2.37. The summed E-state index contributed by atoms with van der Waals surface area (Å²) in [6, 6.07) is 0.0191. The van der Waals surface area contributed by atoms with Gasteiger partial charge in [0.25, 0.3) is 0 Å².